The Balaban J connectivity index is 1.41. The van der Waals surface area contributed by atoms with Gasteiger partial charge in [-0.2, -0.15) is 0 Å². The Bertz CT molecular complexity index is 599. The van der Waals surface area contributed by atoms with E-state index in [-0.39, 0.29) is 11.5 Å². The van der Waals surface area contributed by atoms with Crippen LogP contribution in [0.4, 0.5) is 0 Å². The zero-order valence-electron chi connectivity index (χ0n) is 17.5. The standard InChI is InChI=1S/C24H39NO2/c1-23-11-10-19-17(18(23)8-9-22(23)27)7-6-16-14-21(26)20(15-24(16,19)2)25-12-4-3-5-13-25/h16-21,26H,3-15H2,1-2H3/t16-,17-,18-,19-,20-,21-,23-,24-/m0/s1. The van der Waals surface area contributed by atoms with Crippen molar-refractivity contribution in [2.75, 3.05) is 13.1 Å². The van der Waals surface area contributed by atoms with E-state index in [9.17, 15) is 9.90 Å². The highest BCUT2D eigenvalue weighted by Crippen LogP contribution is 2.65. The predicted molar refractivity (Wildman–Crippen MR) is 107 cm³/mol. The molecular formula is C24H39NO2. The molecule has 1 heterocycles. The van der Waals surface area contributed by atoms with E-state index in [1.165, 1.54) is 58.0 Å². The van der Waals surface area contributed by atoms with Crippen molar-refractivity contribution >= 4 is 5.78 Å². The minimum absolute atomic E-state index is 0.00911. The molecule has 5 rings (SSSR count). The van der Waals surface area contributed by atoms with Gasteiger partial charge < -0.3 is 5.11 Å². The molecule has 0 aromatic heterocycles. The second-order valence-corrected chi connectivity index (χ2v) is 11.2. The van der Waals surface area contributed by atoms with E-state index in [0.717, 1.165) is 37.5 Å². The van der Waals surface area contributed by atoms with Crippen LogP contribution in [0.1, 0.15) is 84.5 Å². The molecule has 0 amide bonds. The van der Waals surface area contributed by atoms with Crippen LogP contribution >= 0.6 is 0 Å². The molecule has 8 atom stereocenters. The van der Waals surface area contributed by atoms with E-state index in [4.69, 9.17) is 0 Å². The average molecular weight is 374 g/mol. The fraction of sp³-hybridized carbons (Fsp3) is 0.958. The molecule has 5 fully saturated rings. The normalized spacial score (nSPS) is 53.5. The van der Waals surface area contributed by atoms with Gasteiger partial charge in [0.1, 0.15) is 5.78 Å². The predicted octanol–water partition coefficient (Wildman–Crippen LogP) is 4.42. The highest BCUT2D eigenvalue weighted by molar-refractivity contribution is 5.87. The van der Waals surface area contributed by atoms with Gasteiger partial charge in [0.05, 0.1) is 6.10 Å². The molecular weight excluding hydrogens is 334 g/mol. The van der Waals surface area contributed by atoms with Crippen molar-refractivity contribution in [3.8, 4) is 0 Å². The summed E-state index contributed by atoms with van der Waals surface area (Å²) in [6.45, 7) is 7.24. The minimum Gasteiger partial charge on any atom is -0.391 e. The van der Waals surface area contributed by atoms with Crippen LogP contribution in [0.15, 0.2) is 0 Å². The lowest BCUT2D eigenvalue weighted by Gasteiger charge is -2.62. The third kappa shape index (κ3) is 2.70. The molecule has 152 valence electrons. The molecule has 4 saturated carbocycles. The fourth-order valence-corrected chi connectivity index (χ4v) is 8.67. The molecule has 0 unspecified atom stereocenters. The molecule has 0 spiro atoms. The largest absolute Gasteiger partial charge is 0.391 e. The number of fused-ring (bicyclic) bond motifs is 5. The first-order valence-electron chi connectivity index (χ1n) is 11.9. The first-order chi connectivity index (χ1) is 12.9. The van der Waals surface area contributed by atoms with Gasteiger partial charge in [0.2, 0.25) is 0 Å². The van der Waals surface area contributed by atoms with Crippen molar-refractivity contribution in [1.29, 1.82) is 0 Å². The molecule has 0 aromatic rings. The van der Waals surface area contributed by atoms with Crippen molar-refractivity contribution in [2.45, 2.75) is 96.6 Å². The van der Waals surface area contributed by atoms with Crippen LogP contribution in [-0.4, -0.2) is 41.0 Å². The van der Waals surface area contributed by atoms with E-state index in [1.54, 1.807) is 0 Å². The van der Waals surface area contributed by atoms with Crippen LogP contribution in [0.25, 0.3) is 0 Å². The average Bonchev–Trinajstić information content (AvgIpc) is 2.97. The van der Waals surface area contributed by atoms with Crippen molar-refractivity contribution in [2.24, 2.45) is 34.5 Å². The Labute approximate surface area is 165 Å². The van der Waals surface area contributed by atoms with Gasteiger partial charge in [-0.3, -0.25) is 9.69 Å². The molecule has 1 saturated heterocycles. The lowest BCUT2D eigenvalue weighted by molar-refractivity contribution is -0.153. The molecule has 0 aromatic carbocycles. The van der Waals surface area contributed by atoms with Gasteiger partial charge in [0.15, 0.2) is 0 Å². The monoisotopic (exact) mass is 373 g/mol. The number of likely N-dealkylation sites (tertiary alicyclic amines) is 1. The van der Waals surface area contributed by atoms with Gasteiger partial charge in [-0.1, -0.05) is 20.3 Å². The van der Waals surface area contributed by atoms with Gasteiger partial charge in [-0.25, -0.2) is 0 Å². The summed E-state index contributed by atoms with van der Waals surface area (Å²) in [5.74, 6) is 3.43. The molecule has 3 heteroatoms. The number of hydrogen-bond acceptors (Lipinski definition) is 3. The lowest BCUT2D eigenvalue weighted by atomic mass is 9.44. The third-order valence-corrected chi connectivity index (χ3v) is 10.3. The number of carbonyl (C=O) groups is 1. The molecule has 4 aliphatic carbocycles. The maximum Gasteiger partial charge on any atom is 0.139 e. The fourth-order valence-electron chi connectivity index (χ4n) is 8.67. The van der Waals surface area contributed by atoms with E-state index in [2.05, 4.69) is 18.7 Å². The number of rotatable bonds is 1. The van der Waals surface area contributed by atoms with Gasteiger partial charge in [-0.05, 0) is 100.0 Å². The molecule has 0 bridgehead atoms. The second-order valence-electron chi connectivity index (χ2n) is 11.2. The van der Waals surface area contributed by atoms with Crippen LogP contribution in [0.3, 0.4) is 0 Å². The van der Waals surface area contributed by atoms with Gasteiger partial charge in [0, 0.05) is 17.9 Å². The zero-order chi connectivity index (χ0) is 18.8. The first-order valence-corrected chi connectivity index (χ1v) is 11.9. The number of nitrogens with zero attached hydrogens (tertiary/aromatic N) is 1. The molecule has 27 heavy (non-hydrogen) atoms. The van der Waals surface area contributed by atoms with Gasteiger partial charge in [0.25, 0.3) is 0 Å². The zero-order valence-corrected chi connectivity index (χ0v) is 17.5. The molecule has 3 nitrogen and oxygen atoms in total. The number of hydrogen-bond donors (Lipinski definition) is 1. The van der Waals surface area contributed by atoms with Crippen LogP contribution in [-0.2, 0) is 4.79 Å². The van der Waals surface area contributed by atoms with Crippen molar-refractivity contribution < 1.29 is 9.90 Å². The van der Waals surface area contributed by atoms with Crippen LogP contribution in [0.2, 0.25) is 0 Å². The van der Waals surface area contributed by atoms with Gasteiger partial charge >= 0.3 is 0 Å². The summed E-state index contributed by atoms with van der Waals surface area (Å²) < 4.78 is 0. The quantitative estimate of drug-likeness (QED) is 0.739. The first kappa shape index (κ1) is 18.6. The summed E-state index contributed by atoms with van der Waals surface area (Å²) in [5, 5.41) is 11.0. The molecule has 0 radical (unpaired) electrons. The van der Waals surface area contributed by atoms with Crippen LogP contribution in [0, 0.1) is 34.5 Å². The summed E-state index contributed by atoms with van der Waals surface area (Å²) in [6.07, 6.45) is 13.0. The summed E-state index contributed by atoms with van der Waals surface area (Å²) in [6, 6.07) is 0.379. The van der Waals surface area contributed by atoms with Crippen molar-refractivity contribution in [3.63, 3.8) is 0 Å². The number of ketones is 1. The Kier molecular flexibility index (Phi) is 4.52. The van der Waals surface area contributed by atoms with Crippen molar-refractivity contribution in [3.05, 3.63) is 0 Å². The molecule has 5 aliphatic rings. The number of aliphatic hydroxyl groups excluding tert-OH is 1. The highest BCUT2D eigenvalue weighted by Gasteiger charge is 2.61. The summed E-state index contributed by atoms with van der Waals surface area (Å²) >= 11 is 0. The Morgan fingerprint density at radius 1 is 1.00 bits per heavy atom. The van der Waals surface area contributed by atoms with Crippen LogP contribution < -0.4 is 0 Å². The molecule has 1 N–H and O–H groups in total. The van der Waals surface area contributed by atoms with E-state index >= 15 is 0 Å². The molecule has 1 aliphatic heterocycles. The SMILES string of the molecule is C[C@]12C[C@H](N3CCCCC3)[C@@H](O)C[C@@H]1CC[C@@H]1[C@@H]2CC[C@]2(C)C(=O)CC[C@@H]12. The second kappa shape index (κ2) is 6.55. The van der Waals surface area contributed by atoms with Gasteiger partial charge in [-0.15, -0.1) is 0 Å². The smallest absolute Gasteiger partial charge is 0.139 e. The number of carbonyl (C=O) groups excluding carboxylic acids is 1. The summed E-state index contributed by atoms with van der Waals surface area (Å²) in [5.41, 5.74) is 0.363. The summed E-state index contributed by atoms with van der Waals surface area (Å²) in [4.78, 5) is 15.3. The Morgan fingerprint density at radius 3 is 2.56 bits per heavy atom. The highest BCUT2D eigenvalue weighted by atomic mass is 16.3. The van der Waals surface area contributed by atoms with E-state index < -0.39 is 0 Å². The maximum atomic E-state index is 12.6. The van der Waals surface area contributed by atoms with Crippen LogP contribution in [0.5, 0.6) is 0 Å². The van der Waals surface area contributed by atoms with E-state index in [0.29, 0.717) is 29.1 Å². The topological polar surface area (TPSA) is 40.5 Å². The number of Topliss-reactive ketones (excluding diaryl/α,β-unsaturated/α-hetero) is 1. The Morgan fingerprint density at radius 2 is 1.78 bits per heavy atom. The van der Waals surface area contributed by atoms with Crippen molar-refractivity contribution in [1.82, 2.24) is 4.90 Å². The third-order valence-electron chi connectivity index (χ3n) is 10.3. The number of piperidine rings is 1. The minimum atomic E-state index is -0.125. The number of aliphatic hydroxyl groups is 1. The van der Waals surface area contributed by atoms with E-state index in [1.807, 2.05) is 0 Å². The maximum absolute atomic E-state index is 12.6. The lowest BCUT2D eigenvalue weighted by Crippen LogP contribution is -2.60. The summed E-state index contributed by atoms with van der Waals surface area (Å²) in [7, 11) is 0. The Hall–Kier alpha value is -0.410.